The number of hydrogen-bond acceptors (Lipinski definition) is 2. The van der Waals surface area contributed by atoms with E-state index in [0.717, 1.165) is 6.42 Å². The first-order valence-electron chi connectivity index (χ1n) is 5.95. The first-order valence-corrected chi connectivity index (χ1v) is 5.95. The Bertz CT molecular complexity index is 302. The van der Waals surface area contributed by atoms with Crippen LogP contribution in [0, 0.1) is 11.8 Å². The monoisotopic (exact) mass is 222 g/mol. The fraction of sp³-hybridized carbons (Fsp3) is 0.643. The van der Waals surface area contributed by atoms with Crippen LogP contribution in [0.4, 0.5) is 0 Å². The molecule has 0 saturated carbocycles. The van der Waals surface area contributed by atoms with E-state index >= 15 is 0 Å². The van der Waals surface area contributed by atoms with Gasteiger partial charge in [-0.25, -0.2) is 0 Å². The summed E-state index contributed by atoms with van der Waals surface area (Å²) in [7, 11) is 0. The quantitative estimate of drug-likeness (QED) is 0.508. The van der Waals surface area contributed by atoms with Crippen LogP contribution >= 0.6 is 0 Å². The molecule has 0 aromatic rings. The molecule has 1 rings (SSSR count). The Kier molecular flexibility index (Phi) is 4.78. The molecule has 1 aliphatic rings. The smallest absolute Gasteiger partial charge is 0.293 e. The summed E-state index contributed by atoms with van der Waals surface area (Å²) < 4.78 is 4.81. The third kappa shape index (κ3) is 3.22. The molecule has 0 bridgehead atoms. The summed E-state index contributed by atoms with van der Waals surface area (Å²) in [4.78, 5) is 10.1. The van der Waals surface area contributed by atoms with Crippen LogP contribution in [-0.2, 0) is 9.53 Å². The van der Waals surface area contributed by atoms with Crippen molar-refractivity contribution in [3.05, 3.63) is 23.3 Å². The van der Waals surface area contributed by atoms with Gasteiger partial charge >= 0.3 is 0 Å². The van der Waals surface area contributed by atoms with Crippen LogP contribution in [0.3, 0.4) is 0 Å². The van der Waals surface area contributed by atoms with E-state index in [1.807, 2.05) is 0 Å². The molecule has 2 heteroatoms. The molecule has 2 unspecified atom stereocenters. The highest BCUT2D eigenvalue weighted by atomic mass is 16.5. The summed E-state index contributed by atoms with van der Waals surface area (Å²) in [6, 6.07) is 0. The second-order valence-corrected chi connectivity index (χ2v) is 4.98. The van der Waals surface area contributed by atoms with Crippen molar-refractivity contribution < 1.29 is 9.53 Å². The lowest BCUT2D eigenvalue weighted by molar-refractivity contribution is -0.129. The lowest BCUT2D eigenvalue weighted by Crippen LogP contribution is -2.10. The molecule has 0 fully saturated rings. The molecule has 0 N–H and O–H groups in total. The Hall–Kier alpha value is -1.05. The molecule has 16 heavy (non-hydrogen) atoms. The summed E-state index contributed by atoms with van der Waals surface area (Å²) in [6.45, 7) is 11.6. The van der Waals surface area contributed by atoms with Crippen molar-refractivity contribution in [2.75, 3.05) is 6.61 Å². The molecule has 1 aliphatic carbocycles. The second-order valence-electron chi connectivity index (χ2n) is 4.98. The first-order chi connectivity index (χ1) is 7.56. The van der Waals surface area contributed by atoms with E-state index in [1.54, 1.807) is 0 Å². The molecule has 0 amide bonds. The van der Waals surface area contributed by atoms with Crippen LogP contribution < -0.4 is 0 Å². The number of hydrogen-bond donors (Lipinski definition) is 0. The molecule has 0 aromatic heterocycles. The lowest BCUT2D eigenvalue weighted by atomic mass is 9.88. The van der Waals surface area contributed by atoms with Gasteiger partial charge in [0.05, 0.1) is 6.61 Å². The van der Waals surface area contributed by atoms with Crippen molar-refractivity contribution in [3.8, 4) is 0 Å². The Balaban J connectivity index is 2.59. The van der Waals surface area contributed by atoms with E-state index in [4.69, 9.17) is 4.74 Å². The fourth-order valence-corrected chi connectivity index (χ4v) is 2.49. The van der Waals surface area contributed by atoms with Crippen LogP contribution in [0.1, 0.15) is 40.0 Å². The molecule has 0 aliphatic heterocycles. The molecule has 0 radical (unpaired) electrons. The summed E-state index contributed by atoms with van der Waals surface area (Å²) in [5, 5.41) is 0. The van der Waals surface area contributed by atoms with Crippen LogP contribution in [0.25, 0.3) is 0 Å². The van der Waals surface area contributed by atoms with Crippen molar-refractivity contribution in [1.29, 1.82) is 0 Å². The van der Waals surface area contributed by atoms with Crippen molar-refractivity contribution in [3.63, 3.8) is 0 Å². The summed E-state index contributed by atoms with van der Waals surface area (Å²) in [6.07, 6.45) is 3.42. The number of ether oxygens (including phenoxy) is 1. The van der Waals surface area contributed by atoms with E-state index in [2.05, 4.69) is 27.4 Å². The zero-order chi connectivity index (χ0) is 12.1. The van der Waals surface area contributed by atoms with E-state index in [-0.39, 0.29) is 0 Å². The summed E-state index contributed by atoms with van der Waals surface area (Å²) in [5.74, 6) is 0.953. The van der Waals surface area contributed by atoms with Gasteiger partial charge in [-0.1, -0.05) is 30.2 Å². The lowest BCUT2D eigenvalue weighted by Gasteiger charge is -2.19. The Morgan fingerprint density at radius 1 is 1.69 bits per heavy atom. The minimum absolute atomic E-state index is 0.398. The van der Waals surface area contributed by atoms with Crippen molar-refractivity contribution in [2.24, 2.45) is 11.8 Å². The third-order valence-corrected chi connectivity index (χ3v) is 3.39. The molecule has 0 heterocycles. The first kappa shape index (κ1) is 13.0. The average Bonchev–Trinajstić information content (AvgIpc) is 2.58. The largest absolute Gasteiger partial charge is 0.468 e. The molecule has 0 saturated heterocycles. The summed E-state index contributed by atoms with van der Waals surface area (Å²) >= 11 is 0. The van der Waals surface area contributed by atoms with Crippen LogP contribution in [0.15, 0.2) is 23.3 Å². The maximum absolute atomic E-state index is 10.1. The van der Waals surface area contributed by atoms with Crippen molar-refractivity contribution >= 4 is 6.47 Å². The van der Waals surface area contributed by atoms with Crippen LogP contribution in [0.5, 0.6) is 0 Å². The van der Waals surface area contributed by atoms with Gasteiger partial charge in [-0.15, -0.1) is 0 Å². The molecular formula is C14H22O2. The number of allylic oxidation sites excluding steroid dienone is 3. The summed E-state index contributed by atoms with van der Waals surface area (Å²) in [5.41, 5.74) is 4.29. The van der Waals surface area contributed by atoms with Gasteiger partial charge in [-0.3, -0.25) is 4.79 Å². The highest BCUT2D eigenvalue weighted by Crippen LogP contribution is 2.39. The molecular weight excluding hydrogens is 200 g/mol. The highest BCUT2D eigenvalue weighted by Gasteiger charge is 2.24. The topological polar surface area (TPSA) is 26.3 Å². The minimum Gasteiger partial charge on any atom is -0.468 e. The van der Waals surface area contributed by atoms with Gasteiger partial charge in [0.25, 0.3) is 6.47 Å². The van der Waals surface area contributed by atoms with Gasteiger partial charge in [0.1, 0.15) is 0 Å². The maximum atomic E-state index is 10.1. The number of carbonyl (C=O) groups excluding carboxylic acids is 1. The number of carbonyl (C=O) groups is 1. The van der Waals surface area contributed by atoms with E-state index in [9.17, 15) is 4.79 Å². The zero-order valence-electron chi connectivity index (χ0n) is 10.6. The van der Waals surface area contributed by atoms with Gasteiger partial charge in [0.2, 0.25) is 0 Å². The van der Waals surface area contributed by atoms with E-state index in [1.165, 1.54) is 29.6 Å². The van der Waals surface area contributed by atoms with Gasteiger partial charge in [0, 0.05) is 5.92 Å². The SMILES string of the molecule is C=C(C)C1CCC(C)=C1CC(C)COC=O. The molecule has 0 aromatic carbocycles. The van der Waals surface area contributed by atoms with Gasteiger partial charge in [-0.05, 0) is 39.0 Å². The van der Waals surface area contributed by atoms with Crippen molar-refractivity contribution in [1.82, 2.24) is 0 Å². The zero-order valence-corrected chi connectivity index (χ0v) is 10.6. The minimum atomic E-state index is 0.398. The van der Waals surface area contributed by atoms with Gasteiger partial charge in [-0.2, -0.15) is 0 Å². The Morgan fingerprint density at radius 2 is 2.38 bits per heavy atom. The fourth-order valence-electron chi connectivity index (χ4n) is 2.49. The molecule has 2 atom stereocenters. The van der Waals surface area contributed by atoms with Crippen molar-refractivity contribution in [2.45, 2.75) is 40.0 Å². The Morgan fingerprint density at radius 3 is 2.94 bits per heavy atom. The van der Waals surface area contributed by atoms with Gasteiger partial charge < -0.3 is 4.74 Å². The predicted octanol–water partition coefficient (Wildman–Crippen LogP) is 3.49. The van der Waals surface area contributed by atoms with Crippen LogP contribution in [-0.4, -0.2) is 13.1 Å². The third-order valence-electron chi connectivity index (χ3n) is 3.39. The normalized spacial score (nSPS) is 22.1. The van der Waals surface area contributed by atoms with Gasteiger partial charge in [0.15, 0.2) is 0 Å². The van der Waals surface area contributed by atoms with Crippen LogP contribution in [0.2, 0.25) is 0 Å². The second kappa shape index (κ2) is 5.88. The maximum Gasteiger partial charge on any atom is 0.293 e. The molecule has 2 nitrogen and oxygen atoms in total. The molecule has 0 spiro atoms. The number of rotatable bonds is 6. The van der Waals surface area contributed by atoms with E-state index in [0.29, 0.717) is 24.9 Å². The Labute approximate surface area is 98.4 Å². The highest BCUT2D eigenvalue weighted by molar-refractivity contribution is 5.37. The van der Waals surface area contributed by atoms with E-state index < -0.39 is 0 Å². The molecule has 90 valence electrons. The predicted molar refractivity (Wildman–Crippen MR) is 66.0 cm³/mol. The average molecular weight is 222 g/mol. The standard InChI is InChI=1S/C14H22O2/c1-10(2)13-6-5-12(4)14(13)7-11(3)8-16-9-15/h9,11,13H,1,5-8H2,2-4H3.